The summed E-state index contributed by atoms with van der Waals surface area (Å²) in [6.07, 6.45) is 0. The maximum atomic E-state index is 2.36. The van der Waals surface area contributed by atoms with Crippen LogP contribution < -0.4 is 4.90 Å². The fourth-order valence-electron chi connectivity index (χ4n) is 5.71. The van der Waals surface area contributed by atoms with E-state index in [-0.39, 0.29) is 0 Å². The minimum Gasteiger partial charge on any atom is -0.310 e. The summed E-state index contributed by atoms with van der Waals surface area (Å²) in [5.41, 5.74) is 8.33. The van der Waals surface area contributed by atoms with E-state index in [0.717, 1.165) is 17.1 Å². The number of anilines is 3. The monoisotopic (exact) mass is 497 g/mol. The van der Waals surface area contributed by atoms with Gasteiger partial charge in [-0.25, -0.2) is 0 Å². The van der Waals surface area contributed by atoms with Crippen molar-refractivity contribution < 1.29 is 0 Å². The second-order valence-corrected chi connectivity index (χ2v) is 9.76. The number of benzene rings is 7. The molecule has 184 valence electrons. The molecule has 0 saturated heterocycles. The number of nitrogens with zero attached hydrogens (tertiary/aromatic N) is 1. The van der Waals surface area contributed by atoms with Gasteiger partial charge in [-0.05, 0) is 68.6 Å². The normalized spacial score (nSPS) is 11.1. The summed E-state index contributed by atoms with van der Waals surface area (Å²) >= 11 is 0. The summed E-state index contributed by atoms with van der Waals surface area (Å²) in [5.74, 6) is 0. The minimum absolute atomic E-state index is 1.13. The van der Waals surface area contributed by atoms with Gasteiger partial charge in [0.2, 0.25) is 0 Å². The van der Waals surface area contributed by atoms with Crippen LogP contribution in [-0.4, -0.2) is 0 Å². The van der Waals surface area contributed by atoms with Crippen LogP contribution in [0.5, 0.6) is 0 Å². The standard InChI is InChI=1S/C38H27N/c1-3-17-30(18-4-1)39(31-19-5-2-6-20-31)37-25-12-11-23-34(37)36-27-26-29-15-8-10-22-33(29)38(36)35-24-13-16-28-14-7-9-21-32(28)35/h1-27H. The highest BCUT2D eigenvalue weighted by Crippen LogP contribution is 2.46. The Bertz CT molecular complexity index is 1860. The maximum absolute atomic E-state index is 2.36. The lowest BCUT2D eigenvalue weighted by atomic mass is 9.87. The number of para-hydroxylation sites is 3. The first kappa shape index (κ1) is 23.0. The summed E-state index contributed by atoms with van der Waals surface area (Å²) in [5, 5.41) is 5.01. The van der Waals surface area contributed by atoms with E-state index in [1.165, 1.54) is 43.8 Å². The van der Waals surface area contributed by atoms with Gasteiger partial charge >= 0.3 is 0 Å². The average Bonchev–Trinajstić information content (AvgIpc) is 3.02. The lowest BCUT2D eigenvalue weighted by molar-refractivity contribution is 1.28. The Morgan fingerprint density at radius 2 is 0.821 bits per heavy atom. The Morgan fingerprint density at radius 3 is 1.54 bits per heavy atom. The maximum Gasteiger partial charge on any atom is 0.0540 e. The summed E-state index contributed by atoms with van der Waals surface area (Å²) < 4.78 is 0. The van der Waals surface area contributed by atoms with E-state index < -0.39 is 0 Å². The van der Waals surface area contributed by atoms with Crippen molar-refractivity contribution in [2.24, 2.45) is 0 Å². The number of fused-ring (bicyclic) bond motifs is 2. The molecule has 0 aromatic heterocycles. The van der Waals surface area contributed by atoms with E-state index >= 15 is 0 Å². The average molecular weight is 498 g/mol. The van der Waals surface area contributed by atoms with Crippen molar-refractivity contribution in [1.29, 1.82) is 0 Å². The first-order chi connectivity index (χ1) is 19.4. The molecule has 7 rings (SSSR count). The molecule has 0 saturated carbocycles. The molecule has 0 fully saturated rings. The van der Waals surface area contributed by atoms with Gasteiger partial charge in [-0.2, -0.15) is 0 Å². The van der Waals surface area contributed by atoms with E-state index in [0.29, 0.717) is 0 Å². The van der Waals surface area contributed by atoms with Crippen molar-refractivity contribution in [3.63, 3.8) is 0 Å². The van der Waals surface area contributed by atoms with E-state index in [2.05, 4.69) is 169 Å². The number of rotatable bonds is 5. The molecular formula is C38H27N. The van der Waals surface area contributed by atoms with Gasteiger partial charge in [-0.3, -0.25) is 0 Å². The molecular weight excluding hydrogens is 470 g/mol. The van der Waals surface area contributed by atoms with E-state index in [4.69, 9.17) is 0 Å². The lowest BCUT2D eigenvalue weighted by Crippen LogP contribution is -2.11. The van der Waals surface area contributed by atoms with Crippen LogP contribution in [0.3, 0.4) is 0 Å². The van der Waals surface area contributed by atoms with Gasteiger partial charge in [-0.1, -0.05) is 133 Å². The molecule has 39 heavy (non-hydrogen) atoms. The second kappa shape index (κ2) is 9.96. The van der Waals surface area contributed by atoms with Crippen molar-refractivity contribution in [3.05, 3.63) is 164 Å². The molecule has 1 nitrogen and oxygen atoms in total. The lowest BCUT2D eigenvalue weighted by Gasteiger charge is -2.28. The predicted octanol–water partition coefficient (Wildman–Crippen LogP) is 10.8. The summed E-state index contributed by atoms with van der Waals surface area (Å²) in [7, 11) is 0. The molecule has 0 aliphatic rings. The van der Waals surface area contributed by atoms with Crippen LogP contribution in [0, 0.1) is 0 Å². The highest BCUT2D eigenvalue weighted by Gasteiger charge is 2.20. The molecule has 0 amide bonds. The van der Waals surface area contributed by atoms with Gasteiger partial charge < -0.3 is 4.90 Å². The summed E-state index contributed by atoms with van der Waals surface area (Å²) in [4.78, 5) is 2.36. The second-order valence-electron chi connectivity index (χ2n) is 9.76. The smallest absolute Gasteiger partial charge is 0.0540 e. The zero-order chi connectivity index (χ0) is 26.0. The van der Waals surface area contributed by atoms with Gasteiger partial charge in [0.15, 0.2) is 0 Å². The van der Waals surface area contributed by atoms with E-state index in [1.807, 2.05) is 0 Å². The van der Waals surface area contributed by atoms with Crippen molar-refractivity contribution in [2.45, 2.75) is 0 Å². The molecule has 0 radical (unpaired) electrons. The Balaban J connectivity index is 1.55. The minimum atomic E-state index is 1.13. The van der Waals surface area contributed by atoms with Gasteiger partial charge in [0.1, 0.15) is 0 Å². The SMILES string of the molecule is c1ccc(N(c2ccccc2)c2ccccc2-c2ccc3ccccc3c2-c2cccc3ccccc23)cc1. The Labute approximate surface area is 229 Å². The Morgan fingerprint density at radius 1 is 0.308 bits per heavy atom. The summed E-state index contributed by atoms with van der Waals surface area (Å²) in [6.45, 7) is 0. The molecule has 0 bridgehead atoms. The number of hydrogen-bond donors (Lipinski definition) is 0. The molecule has 7 aromatic carbocycles. The first-order valence-electron chi connectivity index (χ1n) is 13.4. The van der Waals surface area contributed by atoms with Crippen LogP contribution in [0.25, 0.3) is 43.8 Å². The van der Waals surface area contributed by atoms with Crippen LogP contribution in [0.1, 0.15) is 0 Å². The molecule has 7 aromatic rings. The molecule has 1 heteroatoms. The molecule has 0 heterocycles. The molecule has 0 N–H and O–H groups in total. The topological polar surface area (TPSA) is 3.24 Å². The molecule has 0 atom stereocenters. The predicted molar refractivity (Wildman–Crippen MR) is 167 cm³/mol. The van der Waals surface area contributed by atoms with Crippen molar-refractivity contribution in [3.8, 4) is 22.3 Å². The highest BCUT2D eigenvalue weighted by molar-refractivity contribution is 6.11. The third-order valence-electron chi connectivity index (χ3n) is 7.45. The largest absolute Gasteiger partial charge is 0.310 e. The molecule has 0 spiro atoms. The van der Waals surface area contributed by atoms with Gasteiger partial charge in [0.05, 0.1) is 5.69 Å². The quantitative estimate of drug-likeness (QED) is 0.229. The zero-order valence-electron chi connectivity index (χ0n) is 21.5. The third kappa shape index (κ3) is 4.15. The Hall–Kier alpha value is -5.14. The first-order valence-corrected chi connectivity index (χ1v) is 13.4. The van der Waals surface area contributed by atoms with E-state index in [1.54, 1.807) is 0 Å². The fourth-order valence-corrected chi connectivity index (χ4v) is 5.71. The van der Waals surface area contributed by atoms with Gasteiger partial charge in [0.25, 0.3) is 0 Å². The number of hydrogen-bond acceptors (Lipinski definition) is 1. The fraction of sp³-hybridized carbons (Fsp3) is 0. The molecule has 0 aliphatic carbocycles. The van der Waals surface area contributed by atoms with Gasteiger partial charge in [0, 0.05) is 16.9 Å². The highest BCUT2D eigenvalue weighted by atomic mass is 15.1. The van der Waals surface area contributed by atoms with Crippen LogP contribution in [-0.2, 0) is 0 Å². The van der Waals surface area contributed by atoms with Gasteiger partial charge in [-0.15, -0.1) is 0 Å². The van der Waals surface area contributed by atoms with Crippen LogP contribution >= 0.6 is 0 Å². The van der Waals surface area contributed by atoms with Crippen LogP contribution in [0.15, 0.2) is 164 Å². The Kier molecular flexibility index (Phi) is 5.88. The molecule has 0 aliphatic heterocycles. The van der Waals surface area contributed by atoms with Crippen molar-refractivity contribution in [1.82, 2.24) is 0 Å². The third-order valence-corrected chi connectivity index (χ3v) is 7.45. The molecule has 0 unspecified atom stereocenters. The summed E-state index contributed by atoms with van der Waals surface area (Å²) in [6, 6.07) is 58.6. The van der Waals surface area contributed by atoms with E-state index in [9.17, 15) is 0 Å². The van der Waals surface area contributed by atoms with Crippen LogP contribution in [0.4, 0.5) is 17.1 Å². The van der Waals surface area contributed by atoms with Crippen molar-refractivity contribution in [2.75, 3.05) is 4.90 Å². The zero-order valence-corrected chi connectivity index (χ0v) is 21.5. The van der Waals surface area contributed by atoms with Crippen molar-refractivity contribution >= 4 is 38.6 Å². The van der Waals surface area contributed by atoms with Crippen LogP contribution in [0.2, 0.25) is 0 Å².